The van der Waals surface area contributed by atoms with E-state index in [-0.39, 0.29) is 10.8 Å². The summed E-state index contributed by atoms with van der Waals surface area (Å²) < 4.78 is 45.3. The second-order valence-corrected chi connectivity index (χ2v) is 7.32. The number of hydrogen-bond donors (Lipinski definition) is 1. The van der Waals surface area contributed by atoms with Crippen LogP contribution < -0.4 is 14.4 Å². The second-order valence-electron chi connectivity index (χ2n) is 5.60. The van der Waals surface area contributed by atoms with E-state index >= 15 is 0 Å². The SMILES string of the molecule is COc1ccc(S(=O)(=O)NC2CCN(c3ccc(F)cc3)C2=O)cc1. The third-order valence-electron chi connectivity index (χ3n) is 4.01. The summed E-state index contributed by atoms with van der Waals surface area (Å²) in [6, 6.07) is 10.6. The Morgan fingerprint density at radius 2 is 1.76 bits per heavy atom. The highest BCUT2D eigenvalue weighted by molar-refractivity contribution is 7.89. The normalized spacial score (nSPS) is 17.8. The largest absolute Gasteiger partial charge is 0.497 e. The van der Waals surface area contributed by atoms with E-state index in [0.29, 0.717) is 24.4 Å². The highest BCUT2D eigenvalue weighted by Crippen LogP contribution is 2.23. The lowest BCUT2D eigenvalue weighted by atomic mass is 10.3. The number of halogens is 1. The number of nitrogens with zero attached hydrogens (tertiary/aromatic N) is 1. The second kappa shape index (κ2) is 6.81. The third kappa shape index (κ3) is 3.64. The van der Waals surface area contributed by atoms with Crippen LogP contribution in [0.15, 0.2) is 53.4 Å². The summed E-state index contributed by atoms with van der Waals surface area (Å²) in [5, 5.41) is 0. The Bertz CT molecular complexity index is 867. The fourth-order valence-electron chi connectivity index (χ4n) is 2.68. The van der Waals surface area contributed by atoms with Crippen LogP contribution in [0.4, 0.5) is 10.1 Å². The summed E-state index contributed by atoms with van der Waals surface area (Å²) in [5.74, 6) is -0.214. The van der Waals surface area contributed by atoms with E-state index in [9.17, 15) is 17.6 Å². The summed E-state index contributed by atoms with van der Waals surface area (Å²) >= 11 is 0. The molecule has 8 heteroatoms. The van der Waals surface area contributed by atoms with Gasteiger partial charge in [-0.2, -0.15) is 4.72 Å². The van der Waals surface area contributed by atoms with Gasteiger partial charge < -0.3 is 9.64 Å². The number of carbonyl (C=O) groups is 1. The molecule has 1 atom stereocenters. The van der Waals surface area contributed by atoms with Crippen LogP contribution in [-0.2, 0) is 14.8 Å². The average Bonchev–Trinajstić information content (AvgIpc) is 2.96. The minimum Gasteiger partial charge on any atom is -0.497 e. The molecule has 3 rings (SSSR count). The van der Waals surface area contributed by atoms with Crippen LogP contribution in [0.1, 0.15) is 6.42 Å². The first-order valence-corrected chi connectivity index (χ1v) is 9.12. The molecular formula is C17H17FN2O4S. The molecule has 0 spiro atoms. The quantitative estimate of drug-likeness (QED) is 0.880. The van der Waals surface area contributed by atoms with Crippen molar-refractivity contribution >= 4 is 21.6 Å². The number of hydrogen-bond acceptors (Lipinski definition) is 4. The molecule has 1 fully saturated rings. The van der Waals surface area contributed by atoms with Crippen molar-refractivity contribution in [2.45, 2.75) is 17.4 Å². The van der Waals surface area contributed by atoms with E-state index in [2.05, 4.69) is 4.72 Å². The number of carbonyl (C=O) groups excluding carboxylic acids is 1. The molecule has 1 aliphatic heterocycles. The highest BCUT2D eigenvalue weighted by atomic mass is 32.2. The van der Waals surface area contributed by atoms with E-state index in [1.54, 1.807) is 0 Å². The molecule has 0 saturated carbocycles. The zero-order valence-electron chi connectivity index (χ0n) is 13.5. The fraction of sp³-hybridized carbons (Fsp3) is 0.235. The summed E-state index contributed by atoms with van der Waals surface area (Å²) in [6.07, 6.45) is 0.339. The molecule has 2 aromatic rings. The number of nitrogens with one attached hydrogen (secondary N) is 1. The number of ether oxygens (including phenoxy) is 1. The van der Waals surface area contributed by atoms with Gasteiger partial charge in [-0.15, -0.1) is 0 Å². The lowest BCUT2D eigenvalue weighted by molar-refractivity contribution is -0.118. The molecule has 6 nitrogen and oxygen atoms in total. The van der Waals surface area contributed by atoms with Crippen LogP contribution in [0.25, 0.3) is 0 Å². The summed E-state index contributed by atoms with van der Waals surface area (Å²) in [5.41, 5.74) is 0.539. The van der Waals surface area contributed by atoms with Gasteiger partial charge >= 0.3 is 0 Å². The Kier molecular flexibility index (Phi) is 4.73. The lowest BCUT2D eigenvalue weighted by Crippen LogP contribution is -2.41. The van der Waals surface area contributed by atoms with Gasteiger partial charge in [-0.3, -0.25) is 4.79 Å². The Morgan fingerprint density at radius 3 is 2.36 bits per heavy atom. The molecule has 1 aliphatic rings. The van der Waals surface area contributed by atoms with Crippen LogP contribution in [0.2, 0.25) is 0 Å². The Balaban J connectivity index is 1.74. The van der Waals surface area contributed by atoms with E-state index in [0.717, 1.165) is 0 Å². The predicted molar refractivity (Wildman–Crippen MR) is 90.5 cm³/mol. The van der Waals surface area contributed by atoms with Crippen molar-refractivity contribution in [3.8, 4) is 5.75 Å². The molecule has 2 aromatic carbocycles. The van der Waals surface area contributed by atoms with Gasteiger partial charge in [0, 0.05) is 12.2 Å². The number of sulfonamides is 1. The molecule has 132 valence electrons. The monoisotopic (exact) mass is 364 g/mol. The van der Waals surface area contributed by atoms with Crippen LogP contribution in [0.5, 0.6) is 5.75 Å². The highest BCUT2D eigenvalue weighted by Gasteiger charge is 2.35. The van der Waals surface area contributed by atoms with Crippen LogP contribution in [0.3, 0.4) is 0 Å². The van der Waals surface area contributed by atoms with Crippen molar-refractivity contribution in [1.82, 2.24) is 4.72 Å². The smallest absolute Gasteiger partial charge is 0.245 e. The molecule has 25 heavy (non-hydrogen) atoms. The summed E-state index contributed by atoms with van der Waals surface area (Å²) in [4.78, 5) is 14.0. The maximum atomic E-state index is 13.0. The molecule has 1 heterocycles. The van der Waals surface area contributed by atoms with Gasteiger partial charge in [0.1, 0.15) is 17.6 Å². The average molecular weight is 364 g/mol. The van der Waals surface area contributed by atoms with Crippen LogP contribution in [-0.4, -0.2) is 34.0 Å². The number of rotatable bonds is 5. The minimum absolute atomic E-state index is 0.0568. The molecule has 1 unspecified atom stereocenters. The Hall–Kier alpha value is -2.45. The first-order chi connectivity index (χ1) is 11.9. The molecule has 1 amide bonds. The Labute approximate surface area is 145 Å². The van der Waals surface area contributed by atoms with Crippen molar-refractivity contribution in [2.75, 3.05) is 18.6 Å². The van der Waals surface area contributed by atoms with E-state index < -0.39 is 21.9 Å². The number of benzene rings is 2. The summed E-state index contributed by atoms with van der Waals surface area (Å²) in [7, 11) is -2.34. The maximum absolute atomic E-state index is 13.0. The van der Waals surface area contributed by atoms with E-state index in [1.807, 2.05) is 0 Å². The van der Waals surface area contributed by atoms with Crippen molar-refractivity contribution < 1.29 is 22.3 Å². The fourth-order valence-corrected chi connectivity index (χ4v) is 3.90. The molecule has 1 saturated heterocycles. The standard InChI is InChI=1S/C17H17FN2O4S/c1-24-14-6-8-15(9-7-14)25(22,23)19-16-10-11-20(17(16)21)13-4-2-12(18)3-5-13/h2-9,16,19H,10-11H2,1H3. The topological polar surface area (TPSA) is 75.7 Å². The predicted octanol–water partition coefficient (Wildman–Crippen LogP) is 1.92. The molecule has 0 aliphatic carbocycles. The van der Waals surface area contributed by atoms with Crippen molar-refractivity contribution in [3.05, 3.63) is 54.3 Å². The van der Waals surface area contributed by atoms with Crippen molar-refractivity contribution in [2.24, 2.45) is 0 Å². The lowest BCUT2D eigenvalue weighted by Gasteiger charge is -2.17. The number of amides is 1. The van der Waals surface area contributed by atoms with Crippen molar-refractivity contribution in [3.63, 3.8) is 0 Å². The van der Waals surface area contributed by atoms with Crippen LogP contribution >= 0.6 is 0 Å². The van der Waals surface area contributed by atoms with E-state index in [4.69, 9.17) is 4.74 Å². The van der Waals surface area contributed by atoms with Crippen molar-refractivity contribution in [1.29, 1.82) is 0 Å². The zero-order valence-corrected chi connectivity index (χ0v) is 14.3. The maximum Gasteiger partial charge on any atom is 0.245 e. The zero-order chi connectivity index (χ0) is 18.0. The summed E-state index contributed by atoms with van der Waals surface area (Å²) in [6.45, 7) is 0.361. The van der Waals surface area contributed by atoms with E-state index in [1.165, 1.54) is 60.5 Å². The van der Waals surface area contributed by atoms with Gasteiger partial charge in [-0.25, -0.2) is 12.8 Å². The first kappa shape index (κ1) is 17.4. The third-order valence-corrected chi connectivity index (χ3v) is 5.50. The van der Waals surface area contributed by atoms with Gasteiger partial charge in [0.25, 0.3) is 0 Å². The molecular weight excluding hydrogens is 347 g/mol. The van der Waals surface area contributed by atoms with Gasteiger partial charge in [-0.05, 0) is 55.0 Å². The van der Waals surface area contributed by atoms with Crippen LogP contribution in [0, 0.1) is 5.82 Å². The van der Waals surface area contributed by atoms with Gasteiger partial charge in [0.2, 0.25) is 15.9 Å². The molecule has 0 radical (unpaired) electrons. The first-order valence-electron chi connectivity index (χ1n) is 7.64. The number of anilines is 1. The minimum atomic E-state index is -3.83. The molecule has 0 aromatic heterocycles. The van der Waals surface area contributed by atoms with Gasteiger partial charge in [0.15, 0.2) is 0 Å². The van der Waals surface area contributed by atoms with Gasteiger partial charge in [-0.1, -0.05) is 0 Å². The van der Waals surface area contributed by atoms with Gasteiger partial charge in [0.05, 0.1) is 12.0 Å². The molecule has 1 N–H and O–H groups in total. The Morgan fingerprint density at radius 1 is 1.12 bits per heavy atom. The number of methoxy groups -OCH3 is 1. The molecule has 0 bridgehead atoms.